The lowest BCUT2D eigenvalue weighted by atomic mass is 9.81. The van der Waals surface area contributed by atoms with Gasteiger partial charge < -0.3 is 4.74 Å². The number of nitro groups is 1. The van der Waals surface area contributed by atoms with E-state index in [1.807, 2.05) is 0 Å². The number of Topliss-reactive ketones (excluding diaryl/α,β-unsaturated/α-hetero) is 1. The second kappa shape index (κ2) is 10.5. The van der Waals surface area contributed by atoms with Crippen LogP contribution in [-0.2, 0) is 9.59 Å². The third-order valence-electron chi connectivity index (χ3n) is 6.39. The lowest BCUT2D eigenvalue weighted by molar-refractivity contribution is -0.384. The molecule has 10 nitrogen and oxygen atoms in total. The number of benzene rings is 2. The van der Waals surface area contributed by atoms with Gasteiger partial charge in [-0.25, -0.2) is 5.01 Å². The number of fused-ring (bicyclic) bond motifs is 1. The summed E-state index contributed by atoms with van der Waals surface area (Å²) >= 11 is 7.06. The number of ketones is 1. The number of alkyl halides is 2. The van der Waals surface area contributed by atoms with Gasteiger partial charge in [-0.1, -0.05) is 31.9 Å². The smallest absolute Gasteiger partial charge is 0.273 e. The molecule has 0 unspecified atom stereocenters. The van der Waals surface area contributed by atoms with Crippen molar-refractivity contribution < 1.29 is 28.8 Å². The van der Waals surface area contributed by atoms with Crippen molar-refractivity contribution in [3.05, 3.63) is 69.8 Å². The summed E-state index contributed by atoms with van der Waals surface area (Å²) in [7, 11) is 1.49. The molecule has 2 fully saturated rings. The fourth-order valence-electron chi connectivity index (χ4n) is 4.43. The number of hydrazine groups is 1. The van der Waals surface area contributed by atoms with Crippen molar-refractivity contribution in [2.75, 3.05) is 13.7 Å². The minimum Gasteiger partial charge on any atom is -0.497 e. The van der Waals surface area contributed by atoms with E-state index in [4.69, 9.17) is 4.74 Å². The van der Waals surface area contributed by atoms with Gasteiger partial charge >= 0.3 is 0 Å². The summed E-state index contributed by atoms with van der Waals surface area (Å²) in [6.45, 7) is -0.575. The number of nitro benzene ring substituents is 1. The van der Waals surface area contributed by atoms with Crippen molar-refractivity contribution in [1.29, 1.82) is 0 Å². The third kappa shape index (κ3) is 4.92. The van der Waals surface area contributed by atoms with E-state index in [9.17, 15) is 29.3 Å². The Bertz CT molecular complexity index is 1190. The summed E-state index contributed by atoms with van der Waals surface area (Å²) in [5.41, 5.74) is 0.0312. The molecular weight excluding hydrogens is 602 g/mol. The van der Waals surface area contributed by atoms with Crippen LogP contribution in [0.25, 0.3) is 0 Å². The highest BCUT2D eigenvalue weighted by Crippen LogP contribution is 2.43. The molecule has 36 heavy (non-hydrogen) atoms. The van der Waals surface area contributed by atoms with Crippen LogP contribution in [0.2, 0.25) is 0 Å². The average Bonchev–Trinajstić information content (AvgIpc) is 3.11. The number of carbonyl (C=O) groups excluding carboxylic acids is 4. The fraction of sp³-hybridized carbons (Fsp3) is 0.333. The number of hydrogen-bond donors (Lipinski definition) is 0. The van der Waals surface area contributed by atoms with Gasteiger partial charge in [-0.3, -0.25) is 29.3 Å². The van der Waals surface area contributed by atoms with Crippen LogP contribution in [0.15, 0.2) is 48.5 Å². The number of rotatable bonds is 7. The van der Waals surface area contributed by atoms with Crippen molar-refractivity contribution >= 4 is 61.1 Å². The van der Waals surface area contributed by atoms with Crippen LogP contribution in [0, 0.1) is 22.0 Å². The normalized spacial score (nSPS) is 23.2. The fourth-order valence-corrected chi connectivity index (χ4v) is 5.66. The highest BCUT2D eigenvalue weighted by Gasteiger charge is 2.54. The zero-order valence-electron chi connectivity index (χ0n) is 19.0. The Morgan fingerprint density at radius 3 is 1.94 bits per heavy atom. The van der Waals surface area contributed by atoms with Crippen LogP contribution in [0.4, 0.5) is 5.69 Å². The first-order valence-electron chi connectivity index (χ1n) is 11.0. The molecule has 4 rings (SSSR count). The summed E-state index contributed by atoms with van der Waals surface area (Å²) in [6.07, 6.45) is 0.793. The maximum Gasteiger partial charge on any atom is 0.273 e. The molecule has 4 atom stereocenters. The standard InChI is InChI=1S/C24H21Br2N3O7/c1-36-16-8-4-13(5-9-16)21(30)12-27(22(31)14-2-6-15(7-3-14)29(34)35)28-23(32)17-10-19(25)20(26)11-18(17)24(28)33/h2-9,17-20H,10-12H2,1H3/t17-,18+,19+,20-. The first-order chi connectivity index (χ1) is 17.1. The minimum absolute atomic E-state index is 0.00432. The minimum atomic E-state index is -0.794. The predicted octanol–water partition coefficient (Wildman–Crippen LogP) is 3.77. The van der Waals surface area contributed by atoms with Crippen molar-refractivity contribution in [3.63, 3.8) is 0 Å². The van der Waals surface area contributed by atoms with Crippen LogP contribution in [0.5, 0.6) is 5.75 Å². The van der Waals surface area contributed by atoms with E-state index in [0.717, 1.165) is 22.2 Å². The van der Waals surface area contributed by atoms with Gasteiger partial charge in [-0.15, -0.1) is 0 Å². The van der Waals surface area contributed by atoms with Gasteiger partial charge in [0, 0.05) is 32.9 Å². The second-order valence-corrected chi connectivity index (χ2v) is 10.9. The van der Waals surface area contributed by atoms with Gasteiger partial charge in [0.05, 0.1) is 23.9 Å². The lowest BCUT2D eigenvalue weighted by Crippen LogP contribution is -2.52. The number of halogens is 2. The number of methoxy groups -OCH3 is 1. The van der Waals surface area contributed by atoms with E-state index >= 15 is 0 Å². The first-order valence-corrected chi connectivity index (χ1v) is 12.8. The molecule has 0 N–H and O–H groups in total. The van der Waals surface area contributed by atoms with Gasteiger partial charge in [0.25, 0.3) is 23.4 Å². The monoisotopic (exact) mass is 621 g/mol. The van der Waals surface area contributed by atoms with Gasteiger partial charge in [0.15, 0.2) is 5.78 Å². The molecular formula is C24H21Br2N3O7. The van der Waals surface area contributed by atoms with E-state index in [2.05, 4.69) is 31.9 Å². The van der Waals surface area contributed by atoms with Gasteiger partial charge in [-0.05, 0) is 49.2 Å². The molecule has 1 aliphatic carbocycles. The van der Waals surface area contributed by atoms with E-state index in [1.54, 1.807) is 12.1 Å². The Morgan fingerprint density at radius 1 is 0.972 bits per heavy atom. The predicted molar refractivity (Wildman–Crippen MR) is 135 cm³/mol. The van der Waals surface area contributed by atoms with Crippen molar-refractivity contribution in [3.8, 4) is 5.75 Å². The van der Waals surface area contributed by atoms with Gasteiger partial charge in [-0.2, -0.15) is 5.01 Å². The molecule has 2 aliphatic rings. The summed E-state index contributed by atoms with van der Waals surface area (Å²) in [4.78, 5) is 63.8. The molecule has 0 radical (unpaired) electrons. The van der Waals surface area contributed by atoms with Crippen molar-refractivity contribution in [1.82, 2.24) is 10.0 Å². The number of hydrogen-bond acceptors (Lipinski definition) is 7. The number of carbonyl (C=O) groups is 4. The zero-order valence-corrected chi connectivity index (χ0v) is 22.2. The summed E-state index contributed by atoms with van der Waals surface area (Å²) < 4.78 is 5.10. The molecule has 3 amide bonds. The summed E-state index contributed by atoms with van der Waals surface area (Å²) in [5, 5.41) is 12.6. The molecule has 1 saturated heterocycles. The number of non-ortho nitro benzene ring substituents is 1. The third-order valence-corrected chi connectivity index (χ3v) is 9.13. The SMILES string of the molecule is COc1ccc(C(=O)CN(C(=O)c2ccc([N+](=O)[O-])cc2)N2C(=O)[C@H]3C[C@@H](Br)[C@@H](Br)C[C@H]3C2=O)cc1. The molecule has 0 bridgehead atoms. The second-order valence-electron chi connectivity index (χ2n) is 8.52. The number of imide groups is 1. The Hall–Kier alpha value is -3.12. The van der Waals surface area contributed by atoms with Gasteiger partial charge in [0.2, 0.25) is 0 Å². The quantitative estimate of drug-likeness (QED) is 0.151. The Balaban J connectivity index is 1.68. The number of amides is 3. The molecule has 2 aromatic rings. The molecule has 1 saturated carbocycles. The van der Waals surface area contributed by atoms with Gasteiger partial charge in [0.1, 0.15) is 12.3 Å². The van der Waals surface area contributed by atoms with E-state index in [-0.39, 0.29) is 26.5 Å². The van der Waals surface area contributed by atoms with E-state index in [1.165, 1.54) is 31.4 Å². The van der Waals surface area contributed by atoms with Crippen molar-refractivity contribution in [2.24, 2.45) is 11.8 Å². The topological polar surface area (TPSA) is 127 Å². The maximum atomic E-state index is 13.5. The van der Waals surface area contributed by atoms with Crippen LogP contribution in [0.1, 0.15) is 33.6 Å². The Labute approximate surface area is 222 Å². The van der Waals surface area contributed by atoms with Crippen LogP contribution in [0.3, 0.4) is 0 Å². The molecule has 0 aromatic heterocycles. The van der Waals surface area contributed by atoms with Crippen LogP contribution in [-0.4, -0.2) is 61.8 Å². The number of nitrogens with zero attached hydrogens (tertiary/aromatic N) is 3. The maximum absolute atomic E-state index is 13.5. The molecule has 1 aliphatic heterocycles. The lowest BCUT2D eigenvalue weighted by Gasteiger charge is -2.30. The first kappa shape index (κ1) is 26.0. The van der Waals surface area contributed by atoms with E-state index < -0.39 is 46.8 Å². The van der Waals surface area contributed by atoms with Crippen LogP contribution >= 0.6 is 31.9 Å². The average molecular weight is 623 g/mol. The zero-order chi connectivity index (χ0) is 26.1. The molecule has 12 heteroatoms. The van der Waals surface area contributed by atoms with E-state index in [0.29, 0.717) is 18.6 Å². The highest BCUT2D eigenvalue weighted by molar-refractivity contribution is 9.12. The van der Waals surface area contributed by atoms with Crippen molar-refractivity contribution in [2.45, 2.75) is 22.5 Å². The number of ether oxygens (including phenoxy) is 1. The highest BCUT2D eigenvalue weighted by atomic mass is 79.9. The molecule has 0 spiro atoms. The molecule has 188 valence electrons. The Morgan fingerprint density at radius 2 is 1.47 bits per heavy atom. The summed E-state index contributed by atoms with van der Waals surface area (Å²) in [6, 6.07) is 11.0. The summed E-state index contributed by atoms with van der Waals surface area (Å²) in [5.74, 6) is -3.11. The van der Waals surface area contributed by atoms with Crippen LogP contribution < -0.4 is 4.74 Å². The largest absolute Gasteiger partial charge is 0.497 e. The molecule has 2 aromatic carbocycles. The Kier molecular flexibility index (Phi) is 7.55. The molecule has 1 heterocycles.